The normalized spacial score (nSPS) is 20.0. The fourth-order valence-corrected chi connectivity index (χ4v) is 3.74. The molecule has 3 heterocycles. The fourth-order valence-electron chi connectivity index (χ4n) is 3.60. The summed E-state index contributed by atoms with van der Waals surface area (Å²) in [5.74, 6) is -0.639. The number of hydrogen-bond acceptors (Lipinski definition) is 5. The minimum absolute atomic E-state index is 0.228. The van der Waals surface area contributed by atoms with Crippen LogP contribution < -0.4 is 4.90 Å². The third-order valence-electron chi connectivity index (χ3n) is 5.02. The van der Waals surface area contributed by atoms with Crippen LogP contribution in [0.2, 0.25) is 5.15 Å². The Labute approximate surface area is 187 Å². The average Bonchev–Trinajstić information content (AvgIpc) is 3.07. The van der Waals surface area contributed by atoms with Crippen molar-refractivity contribution in [3.05, 3.63) is 64.8 Å². The van der Waals surface area contributed by atoms with Crippen molar-refractivity contribution in [2.45, 2.75) is 44.6 Å². The van der Waals surface area contributed by atoms with Crippen LogP contribution in [0.15, 0.2) is 48.5 Å². The molecular formula is C23H22ClN3O3. The Morgan fingerprint density at radius 3 is 2.77 bits per heavy atom. The first-order valence-corrected chi connectivity index (χ1v) is 9.70. The molecule has 0 bridgehead atoms. The summed E-state index contributed by atoms with van der Waals surface area (Å²) in [7, 11) is 0. The SMILES string of the molecule is [2H]C([2H])([2H])C(O)(CCC(=O)C[C@H]1c2ccccc2C(=O)N1c1ccc2ccc(Cl)nc2n1)C([2H])([2H])[2H]. The van der Waals surface area contributed by atoms with Crippen molar-refractivity contribution in [2.24, 2.45) is 0 Å². The van der Waals surface area contributed by atoms with Crippen molar-refractivity contribution in [1.82, 2.24) is 9.97 Å². The number of carbonyl (C=O) groups excluding carboxylic acids is 2. The van der Waals surface area contributed by atoms with Gasteiger partial charge in [-0.3, -0.25) is 14.5 Å². The van der Waals surface area contributed by atoms with E-state index in [2.05, 4.69) is 9.97 Å². The maximum Gasteiger partial charge on any atom is 0.260 e. The highest BCUT2D eigenvalue weighted by molar-refractivity contribution is 6.29. The fraction of sp³-hybridized carbons (Fsp3) is 0.304. The van der Waals surface area contributed by atoms with Gasteiger partial charge in [0.1, 0.15) is 16.8 Å². The van der Waals surface area contributed by atoms with Gasteiger partial charge in [0.05, 0.1) is 11.6 Å². The van der Waals surface area contributed by atoms with Crippen LogP contribution in [0.3, 0.4) is 0 Å². The molecule has 1 atom stereocenters. The first-order chi connectivity index (χ1) is 16.7. The van der Waals surface area contributed by atoms with Crippen molar-refractivity contribution in [2.75, 3.05) is 4.90 Å². The molecule has 1 N–H and O–H groups in total. The van der Waals surface area contributed by atoms with Crippen molar-refractivity contribution < 1.29 is 22.9 Å². The molecule has 0 unspecified atom stereocenters. The number of halogens is 1. The molecule has 0 spiro atoms. The molecule has 3 aromatic rings. The second-order valence-corrected chi connectivity index (χ2v) is 7.62. The number of amides is 1. The van der Waals surface area contributed by atoms with E-state index in [0.717, 1.165) is 0 Å². The average molecular weight is 430 g/mol. The Morgan fingerprint density at radius 1 is 1.20 bits per heavy atom. The van der Waals surface area contributed by atoms with Crippen molar-refractivity contribution in [3.8, 4) is 0 Å². The van der Waals surface area contributed by atoms with Gasteiger partial charge in [0.15, 0.2) is 5.65 Å². The topological polar surface area (TPSA) is 83.4 Å². The lowest BCUT2D eigenvalue weighted by Gasteiger charge is -2.25. The molecule has 2 aromatic heterocycles. The Balaban J connectivity index is 1.64. The molecule has 1 aliphatic rings. The number of hydrogen-bond donors (Lipinski definition) is 1. The number of aliphatic hydroxyl groups is 1. The predicted molar refractivity (Wildman–Crippen MR) is 116 cm³/mol. The van der Waals surface area contributed by atoms with Crippen LogP contribution >= 0.6 is 11.6 Å². The molecule has 154 valence electrons. The number of pyridine rings is 2. The first-order valence-electron chi connectivity index (χ1n) is 12.3. The van der Waals surface area contributed by atoms with Crippen LogP contribution in [0, 0.1) is 0 Å². The Morgan fingerprint density at radius 2 is 1.97 bits per heavy atom. The molecule has 0 saturated heterocycles. The number of nitrogens with zero attached hydrogens (tertiary/aromatic N) is 3. The molecular weight excluding hydrogens is 402 g/mol. The molecule has 0 fully saturated rings. The second-order valence-electron chi connectivity index (χ2n) is 7.23. The van der Waals surface area contributed by atoms with E-state index in [1.54, 1.807) is 48.5 Å². The van der Waals surface area contributed by atoms with Crippen LogP contribution in [-0.2, 0) is 4.79 Å². The number of anilines is 1. The summed E-state index contributed by atoms with van der Waals surface area (Å²) in [5, 5.41) is 11.4. The van der Waals surface area contributed by atoms with E-state index < -0.39 is 44.0 Å². The summed E-state index contributed by atoms with van der Waals surface area (Å²) in [6, 6.07) is 12.7. The lowest BCUT2D eigenvalue weighted by molar-refractivity contribution is -0.120. The van der Waals surface area contributed by atoms with Gasteiger partial charge in [0, 0.05) is 32.0 Å². The van der Waals surface area contributed by atoms with Crippen LogP contribution in [0.5, 0.6) is 0 Å². The summed E-state index contributed by atoms with van der Waals surface area (Å²) in [6.07, 6.45) is -1.52. The third-order valence-corrected chi connectivity index (χ3v) is 5.23. The summed E-state index contributed by atoms with van der Waals surface area (Å²) >= 11 is 5.99. The van der Waals surface area contributed by atoms with E-state index in [1.807, 2.05) is 0 Å². The zero-order valence-electron chi connectivity index (χ0n) is 21.8. The van der Waals surface area contributed by atoms with Gasteiger partial charge < -0.3 is 5.11 Å². The number of rotatable bonds is 6. The van der Waals surface area contributed by atoms with E-state index in [-0.39, 0.29) is 23.3 Å². The largest absolute Gasteiger partial charge is 0.390 e. The van der Waals surface area contributed by atoms with Crippen LogP contribution in [0.25, 0.3) is 11.0 Å². The number of carbonyl (C=O) groups is 2. The molecule has 0 saturated carbocycles. The van der Waals surface area contributed by atoms with Crippen molar-refractivity contribution >= 4 is 40.1 Å². The van der Waals surface area contributed by atoms with E-state index in [1.165, 1.54) is 4.90 Å². The van der Waals surface area contributed by atoms with Gasteiger partial charge in [-0.1, -0.05) is 29.8 Å². The lowest BCUT2D eigenvalue weighted by Crippen LogP contribution is -2.30. The Kier molecular flexibility index (Phi) is 3.69. The lowest BCUT2D eigenvalue weighted by atomic mass is 9.95. The number of benzene rings is 1. The molecule has 0 aliphatic carbocycles. The molecule has 6 nitrogen and oxygen atoms in total. The molecule has 1 aromatic carbocycles. The monoisotopic (exact) mass is 429 g/mol. The Bertz CT molecular complexity index is 1330. The maximum absolute atomic E-state index is 13.3. The second kappa shape index (κ2) is 7.78. The first kappa shape index (κ1) is 14.2. The highest BCUT2D eigenvalue weighted by Crippen LogP contribution is 2.39. The number of ketones is 1. The predicted octanol–water partition coefficient (Wildman–Crippen LogP) is 4.50. The molecule has 1 amide bonds. The molecule has 7 heteroatoms. The number of fused-ring (bicyclic) bond motifs is 2. The quantitative estimate of drug-likeness (QED) is 0.583. The summed E-state index contributed by atoms with van der Waals surface area (Å²) < 4.78 is 45.0. The van der Waals surface area contributed by atoms with Crippen LogP contribution in [-0.4, -0.2) is 32.4 Å². The van der Waals surface area contributed by atoms with Crippen LogP contribution in [0.1, 0.15) is 63.2 Å². The third kappa shape index (κ3) is 4.06. The molecule has 30 heavy (non-hydrogen) atoms. The van der Waals surface area contributed by atoms with Crippen molar-refractivity contribution in [1.29, 1.82) is 0 Å². The maximum atomic E-state index is 13.3. The summed E-state index contributed by atoms with van der Waals surface area (Å²) in [5.41, 5.74) is -1.76. The zero-order valence-corrected chi connectivity index (χ0v) is 16.6. The van der Waals surface area contributed by atoms with E-state index in [9.17, 15) is 14.7 Å². The van der Waals surface area contributed by atoms with E-state index in [4.69, 9.17) is 19.8 Å². The minimum Gasteiger partial charge on any atom is -0.390 e. The van der Waals surface area contributed by atoms with Gasteiger partial charge in [-0.15, -0.1) is 0 Å². The van der Waals surface area contributed by atoms with E-state index >= 15 is 0 Å². The standard InChI is InChI=1S/C23H22ClN3O3/c1-23(2,30)12-11-15(28)13-18-16-5-3-4-6-17(16)22(29)27(18)20-10-8-14-7-9-19(24)25-21(14)26-20/h3-10,18,30H,11-13H2,1-2H3/t18-/m0/s1/i1D3,2D3. The van der Waals surface area contributed by atoms with Crippen molar-refractivity contribution in [3.63, 3.8) is 0 Å². The zero-order chi connectivity index (χ0) is 26.5. The summed E-state index contributed by atoms with van der Waals surface area (Å²) in [6.45, 7) is -6.44. The molecule has 4 rings (SSSR count). The highest BCUT2D eigenvalue weighted by atomic mass is 35.5. The molecule has 1 aliphatic heterocycles. The smallest absolute Gasteiger partial charge is 0.260 e. The molecule has 0 radical (unpaired) electrons. The van der Waals surface area contributed by atoms with E-state index in [0.29, 0.717) is 22.2 Å². The van der Waals surface area contributed by atoms with Gasteiger partial charge in [-0.2, -0.15) is 0 Å². The van der Waals surface area contributed by atoms with Gasteiger partial charge in [0.2, 0.25) is 0 Å². The number of Topliss-reactive ketones (excluding diaryl/α,β-unsaturated/α-hetero) is 1. The van der Waals surface area contributed by atoms with Gasteiger partial charge in [-0.05, 0) is 56.0 Å². The van der Waals surface area contributed by atoms with Gasteiger partial charge in [-0.25, -0.2) is 9.97 Å². The summed E-state index contributed by atoms with van der Waals surface area (Å²) in [4.78, 5) is 36.3. The Hall–Kier alpha value is -2.83. The highest BCUT2D eigenvalue weighted by Gasteiger charge is 2.39. The van der Waals surface area contributed by atoms with Gasteiger partial charge >= 0.3 is 0 Å². The number of aromatic nitrogens is 2. The van der Waals surface area contributed by atoms with Crippen LogP contribution in [0.4, 0.5) is 5.82 Å². The minimum atomic E-state index is -3.22. The van der Waals surface area contributed by atoms with Gasteiger partial charge in [0.25, 0.3) is 5.91 Å².